The number of hydrogen-bond donors (Lipinski definition) is 4. The zero-order valence-electron chi connectivity index (χ0n) is 39.2. The van der Waals surface area contributed by atoms with Crippen LogP contribution in [0.2, 0.25) is 0 Å². The van der Waals surface area contributed by atoms with Crippen molar-refractivity contribution >= 4 is 33.2 Å². The smallest absolute Gasteiger partial charge is 0.186 e. The van der Waals surface area contributed by atoms with Crippen molar-refractivity contribution in [1.82, 2.24) is 23.9 Å². The number of aryl methyl sites for hydroxylation is 1. The van der Waals surface area contributed by atoms with Gasteiger partial charge in [-0.05, 0) is 93.8 Å². The number of fused-ring (bicyclic) bond motifs is 3. The molecule has 3 fully saturated rings. The second-order valence-electron chi connectivity index (χ2n) is 18.4. The zero-order chi connectivity index (χ0) is 46.9. The van der Waals surface area contributed by atoms with Gasteiger partial charge in [0.05, 0.1) is 31.2 Å². The Bertz CT molecular complexity index is 2790. The largest absolute Gasteiger partial charge is 0.494 e. The highest BCUT2D eigenvalue weighted by atomic mass is 16.7. The third-order valence-corrected chi connectivity index (χ3v) is 14.0. The minimum atomic E-state index is -1.49. The van der Waals surface area contributed by atoms with E-state index in [1.807, 2.05) is 12.1 Å². The maximum Gasteiger partial charge on any atom is 0.186 e. The summed E-state index contributed by atoms with van der Waals surface area (Å²) in [5, 5.41) is 42.6. The van der Waals surface area contributed by atoms with Gasteiger partial charge in [0, 0.05) is 121 Å². The van der Waals surface area contributed by atoms with Gasteiger partial charge in [0.1, 0.15) is 36.0 Å². The van der Waals surface area contributed by atoms with E-state index in [-0.39, 0.29) is 6.61 Å². The summed E-state index contributed by atoms with van der Waals surface area (Å²) in [6.07, 6.45) is -6.13. The number of imidazole rings is 1. The molecular weight excluding hydrogens is 859 g/mol. The van der Waals surface area contributed by atoms with Crippen LogP contribution in [0.25, 0.3) is 61.4 Å². The zero-order valence-corrected chi connectivity index (χ0v) is 39.2. The van der Waals surface area contributed by atoms with E-state index in [1.165, 1.54) is 33.2 Å². The standard InChI is InChI=1S/C54H63N7O7/c1-4-60-45-9-6-5-8-43(45)44-34-38(14-23-46(44)60)53-55-48(36-10-15-39(16-11-36)58-28-24-56(2)25-29-58)49(37-12-17-40(18-13-37)59-30-26-57(3)27-31-59)61(53)41-19-21-42(22-20-41)66-32-7-33-67-54-52(65)51(64)50(63)47(35-62)68-54/h5-6,8-23,34,47,50-52,54,62-65H,4,7,24-33,35H2,1-3H3/t47-,50+,51+,52-,54-/m1/s1. The SMILES string of the molecule is CCn1c2ccccc2c2cc(-c3nc(-c4ccc(N5CCN(C)CC5)cc4)c(-c4ccc(N5CCN(C)CC5)cc4)n3-c3ccc(OCCCO[C@@H]4O[C@H](CO)[C@H](O)[C@H](O)[C@H]4O)cc3)ccc21. The molecule has 0 bridgehead atoms. The minimum Gasteiger partial charge on any atom is -0.494 e. The number of piperazine rings is 2. The summed E-state index contributed by atoms with van der Waals surface area (Å²) in [6.45, 7) is 11.1. The molecule has 2 aromatic heterocycles. The van der Waals surface area contributed by atoms with Crippen molar-refractivity contribution < 1.29 is 34.6 Å². The Kier molecular flexibility index (Phi) is 13.5. The van der Waals surface area contributed by atoms with Gasteiger partial charge in [-0.25, -0.2) is 4.98 Å². The third-order valence-electron chi connectivity index (χ3n) is 14.0. The van der Waals surface area contributed by atoms with Crippen molar-refractivity contribution in [3.05, 3.63) is 115 Å². The van der Waals surface area contributed by atoms with Gasteiger partial charge in [-0.2, -0.15) is 0 Å². The average Bonchev–Trinajstić information content (AvgIpc) is 3.93. The lowest BCUT2D eigenvalue weighted by Crippen LogP contribution is -2.59. The number of anilines is 2. The van der Waals surface area contributed by atoms with E-state index in [0.29, 0.717) is 18.8 Å². The Hall–Kier alpha value is -5.81. The van der Waals surface area contributed by atoms with Gasteiger partial charge in [-0.15, -0.1) is 0 Å². The molecule has 0 spiro atoms. The van der Waals surface area contributed by atoms with E-state index in [9.17, 15) is 20.4 Å². The fourth-order valence-corrected chi connectivity index (χ4v) is 10.0. The van der Waals surface area contributed by atoms with E-state index in [2.05, 4.69) is 153 Å². The Morgan fingerprint density at radius 3 is 1.84 bits per heavy atom. The van der Waals surface area contributed by atoms with Crippen LogP contribution >= 0.6 is 0 Å². The molecular formula is C54H63N7O7. The van der Waals surface area contributed by atoms with Crippen LogP contribution in [0.4, 0.5) is 11.4 Å². The molecule has 5 atom stereocenters. The maximum absolute atomic E-state index is 10.4. The first-order valence-corrected chi connectivity index (χ1v) is 24.1. The summed E-state index contributed by atoms with van der Waals surface area (Å²) in [4.78, 5) is 15.3. The van der Waals surface area contributed by atoms with Crippen molar-refractivity contribution in [3.8, 4) is 45.3 Å². The molecule has 0 aliphatic carbocycles. The van der Waals surface area contributed by atoms with E-state index in [4.69, 9.17) is 19.2 Å². The molecule has 7 aromatic rings. The lowest BCUT2D eigenvalue weighted by atomic mass is 9.99. The number of aromatic nitrogens is 3. The number of likely N-dealkylation sites (N-methyl/N-ethyl adjacent to an activating group) is 2. The van der Waals surface area contributed by atoms with Gasteiger partial charge in [0.25, 0.3) is 0 Å². The fraction of sp³-hybridized carbons (Fsp3) is 0.389. The van der Waals surface area contributed by atoms with Crippen molar-refractivity contribution in [2.45, 2.75) is 50.6 Å². The van der Waals surface area contributed by atoms with E-state index >= 15 is 0 Å². The Labute approximate surface area is 397 Å². The summed E-state index contributed by atoms with van der Waals surface area (Å²) in [5.41, 5.74) is 10.8. The van der Waals surface area contributed by atoms with Gasteiger partial charge in [-0.3, -0.25) is 4.57 Å². The Balaban J connectivity index is 1.02. The summed E-state index contributed by atoms with van der Waals surface area (Å²) in [5.74, 6) is 1.50. The number of nitrogens with zero attached hydrogens (tertiary/aromatic N) is 7. The first kappa shape index (κ1) is 45.9. The van der Waals surface area contributed by atoms with Gasteiger partial charge >= 0.3 is 0 Å². The van der Waals surface area contributed by atoms with Crippen LogP contribution in [0.5, 0.6) is 5.75 Å². The van der Waals surface area contributed by atoms with Crippen LogP contribution in [0.1, 0.15) is 13.3 Å². The van der Waals surface area contributed by atoms with Crippen LogP contribution in [-0.2, 0) is 16.0 Å². The molecule has 14 nitrogen and oxygen atoms in total. The van der Waals surface area contributed by atoms with E-state index < -0.39 is 37.3 Å². The van der Waals surface area contributed by atoms with Crippen LogP contribution in [0.3, 0.4) is 0 Å². The van der Waals surface area contributed by atoms with Crippen molar-refractivity contribution in [2.75, 3.05) is 96.1 Å². The predicted molar refractivity (Wildman–Crippen MR) is 268 cm³/mol. The quantitative estimate of drug-likeness (QED) is 0.0938. The summed E-state index contributed by atoms with van der Waals surface area (Å²) < 4.78 is 22.1. The average molecular weight is 922 g/mol. The topological polar surface area (TPSA) is 144 Å². The van der Waals surface area contributed by atoms with E-state index in [1.54, 1.807) is 0 Å². The molecule has 5 heterocycles. The highest BCUT2D eigenvalue weighted by Crippen LogP contribution is 2.42. The van der Waals surface area contributed by atoms with Crippen LogP contribution in [0, 0.1) is 0 Å². The lowest BCUT2D eigenvalue weighted by Gasteiger charge is -2.39. The fourth-order valence-electron chi connectivity index (χ4n) is 10.0. The molecule has 5 aromatic carbocycles. The van der Waals surface area contributed by atoms with Gasteiger partial charge in [-0.1, -0.05) is 42.5 Å². The monoisotopic (exact) mass is 921 g/mol. The second kappa shape index (κ2) is 20.0. The molecule has 68 heavy (non-hydrogen) atoms. The molecule has 356 valence electrons. The number of hydrogen-bond acceptors (Lipinski definition) is 12. The molecule has 0 amide bonds. The highest BCUT2D eigenvalue weighted by molar-refractivity contribution is 6.09. The predicted octanol–water partition coefficient (Wildman–Crippen LogP) is 6.09. The highest BCUT2D eigenvalue weighted by Gasteiger charge is 2.44. The number of benzene rings is 5. The van der Waals surface area contributed by atoms with Crippen LogP contribution in [-0.4, -0.2) is 161 Å². The van der Waals surface area contributed by atoms with Crippen molar-refractivity contribution in [3.63, 3.8) is 0 Å². The maximum atomic E-state index is 10.4. The Morgan fingerprint density at radius 2 is 1.21 bits per heavy atom. The summed E-state index contributed by atoms with van der Waals surface area (Å²) in [6, 6.07) is 41.4. The summed E-state index contributed by atoms with van der Waals surface area (Å²) in [7, 11) is 4.37. The second-order valence-corrected chi connectivity index (χ2v) is 18.4. The van der Waals surface area contributed by atoms with Crippen molar-refractivity contribution in [2.24, 2.45) is 0 Å². The van der Waals surface area contributed by atoms with E-state index in [0.717, 1.165) is 98.5 Å². The molecule has 0 saturated carbocycles. The number of aliphatic hydroxyl groups is 4. The molecule has 3 aliphatic rings. The molecule has 0 unspecified atom stereocenters. The molecule has 10 rings (SSSR count). The van der Waals surface area contributed by atoms with Crippen molar-refractivity contribution in [1.29, 1.82) is 0 Å². The molecule has 0 radical (unpaired) electrons. The third kappa shape index (κ3) is 9.10. The molecule has 14 heteroatoms. The number of para-hydroxylation sites is 1. The van der Waals surface area contributed by atoms with Crippen LogP contribution in [0.15, 0.2) is 115 Å². The summed E-state index contributed by atoms with van der Waals surface area (Å²) >= 11 is 0. The first-order valence-electron chi connectivity index (χ1n) is 24.1. The van der Waals surface area contributed by atoms with Gasteiger partial charge in [0.15, 0.2) is 6.29 Å². The number of aliphatic hydroxyl groups excluding tert-OH is 4. The number of rotatable bonds is 14. The minimum absolute atomic E-state index is 0.163. The van der Waals surface area contributed by atoms with Gasteiger partial charge in [0.2, 0.25) is 0 Å². The lowest BCUT2D eigenvalue weighted by molar-refractivity contribution is -0.301. The van der Waals surface area contributed by atoms with Gasteiger partial charge < -0.3 is 58.8 Å². The molecule has 3 saturated heterocycles. The first-order chi connectivity index (χ1) is 33.2. The molecule has 4 N–H and O–H groups in total. The van der Waals surface area contributed by atoms with Crippen LogP contribution < -0.4 is 14.5 Å². The normalized spacial score (nSPS) is 21.8. The Morgan fingerprint density at radius 1 is 0.618 bits per heavy atom. The number of ether oxygens (including phenoxy) is 3. The molecule has 3 aliphatic heterocycles.